The van der Waals surface area contributed by atoms with Gasteiger partial charge in [-0.05, 0) is 37.1 Å². The number of nitrogens with one attached hydrogen (secondary N) is 3. The topological polar surface area (TPSA) is 70.2 Å². The van der Waals surface area contributed by atoms with Crippen LogP contribution < -0.4 is 16.0 Å². The summed E-state index contributed by atoms with van der Waals surface area (Å²) in [6.07, 6.45) is 0. The Hall–Kier alpha value is -2.04. The molecule has 3 amide bonds. The predicted molar refractivity (Wildman–Crippen MR) is 80.8 cm³/mol. The minimum atomic E-state index is -0.271. The summed E-state index contributed by atoms with van der Waals surface area (Å²) in [7, 11) is 0. The quantitative estimate of drug-likeness (QED) is 0.722. The zero-order valence-corrected chi connectivity index (χ0v) is 12.5. The molecule has 5 heteroatoms. The van der Waals surface area contributed by atoms with Crippen molar-refractivity contribution < 1.29 is 9.59 Å². The summed E-state index contributed by atoms with van der Waals surface area (Å²) in [6, 6.07) is 5.48. The van der Waals surface area contributed by atoms with Crippen molar-refractivity contribution in [3.63, 3.8) is 0 Å². The molecule has 0 fully saturated rings. The van der Waals surface area contributed by atoms with E-state index in [0.717, 1.165) is 11.3 Å². The second-order valence-electron chi connectivity index (χ2n) is 5.13. The third-order valence-electron chi connectivity index (χ3n) is 3.00. The van der Waals surface area contributed by atoms with Gasteiger partial charge in [0.05, 0.1) is 0 Å². The molecule has 0 aliphatic rings. The summed E-state index contributed by atoms with van der Waals surface area (Å²) >= 11 is 0. The van der Waals surface area contributed by atoms with Crippen LogP contribution in [0.15, 0.2) is 18.2 Å². The van der Waals surface area contributed by atoms with E-state index in [2.05, 4.69) is 16.0 Å². The van der Waals surface area contributed by atoms with Gasteiger partial charge in [-0.3, -0.25) is 4.79 Å². The number of aryl methyl sites for hydroxylation is 2. The number of amides is 3. The van der Waals surface area contributed by atoms with Crippen LogP contribution in [0.4, 0.5) is 10.5 Å². The molecular formula is C15H23N3O2. The minimum absolute atomic E-state index is 0.0126. The van der Waals surface area contributed by atoms with Gasteiger partial charge < -0.3 is 16.0 Å². The monoisotopic (exact) mass is 277 g/mol. The van der Waals surface area contributed by atoms with Crippen LogP contribution in [0, 0.1) is 19.8 Å². The van der Waals surface area contributed by atoms with E-state index in [1.54, 1.807) is 0 Å². The van der Waals surface area contributed by atoms with Gasteiger partial charge in [-0.2, -0.15) is 0 Å². The van der Waals surface area contributed by atoms with E-state index in [0.29, 0.717) is 13.1 Å². The molecule has 5 nitrogen and oxygen atoms in total. The molecule has 0 heterocycles. The van der Waals surface area contributed by atoms with Crippen molar-refractivity contribution in [3.05, 3.63) is 29.3 Å². The molecule has 1 aromatic carbocycles. The summed E-state index contributed by atoms with van der Waals surface area (Å²) in [5.74, 6) is -0.0549. The van der Waals surface area contributed by atoms with Gasteiger partial charge in [-0.15, -0.1) is 0 Å². The number of rotatable bonds is 5. The van der Waals surface area contributed by atoms with Crippen LogP contribution in [0.25, 0.3) is 0 Å². The first kappa shape index (κ1) is 16.0. The van der Waals surface area contributed by atoms with Gasteiger partial charge in [0, 0.05) is 24.7 Å². The zero-order chi connectivity index (χ0) is 15.1. The van der Waals surface area contributed by atoms with Gasteiger partial charge >= 0.3 is 6.03 Å². The van der Waals surface area contributed by atoms with Crippen molar-refractivity contribution in [1.82, 2.24) is 10.6 Å². The number of urea groups is 1. The Morgan fingerprint density at radius 3 is 2.30 bits per heavy atom. The minimum Gasteiger partial charge on any atom is -0.354 e. The second kappa shape index (κ2) is 7.53. The Kier molecular flexibility index (Phi) is 6.03. The number of carbonyl (C=O) groups excluding carboxylic acids is 2. The lowest BCUT2D eigenvalue weighted by atomic mass is 10.1. The van der Waals surface area contributed by atoms with Crippen molar-refractivity contribution in [3.8, 4) is 0 Å². The van der Waals surface area contributed by atoms with Crippen molar-refractivity contribution >= 4 is 17.6 Å². The average Bonchev–Trinajstić information content (AvgIpc) is 2.38. The van der Waals surface area contributed by atoms with Gasteiger partial charge in [-0.25, -0.2) is 4.79 Å². The first-order valence-electron chi connectivity index (χ1n) is 6.80. The molecule has 0 aliphatic carbocycles. The number of benzene rings is 1. The smallest absolute Gasteiger partial charge is 0.319 e. The maximum absolute atomic E-state index is 11.7. The van der Waals surface area contributed by atoms with E-state index in [1.807, 2.05) is 45.9 Å². The number of hydrogen-bond acceptors (Lipinski definition) is 2. The molecule has 0 saturated carbocycles. The Bertz CT molecular complexity index is 484. The fourth-order valence-corrected chi connectivity index (χ4v) is 1.56. The van der Waals surface area contributed by atoms with Gasteiger partial charge in [-0.1, -0.05) is 19.9 Å². The highest BCUT2D eigenvalue weighted by molar-refractivity contribution is 5.89. The van der Waals surface area contributed by atoms with Gasteiger partial charge in [0.25, 0.3) is 0 Å². The molecular weight excluding hydrogens is 254 g/mol. The third-order valence-corrected chi connectivity index (χ3v) is 3.00. The molecule has 3 N–H and O–H groups in total. The van der Waals surface area contributed by atoms with Crippen LogP contribution in [0.5, 0.6) is 0 Å². The Morgan fingerprint density at radius 2 is 1.70 bits per heavy atom. The molecule has 0 spiro atoms. The predicted octanol–water partition coefficient (Wildman–Crippen LogP) is 2.20. The Labute approximate surface area is 120 Å². The van der Waals surface area contributed by atoms with Gasteiger partial charge in [0.1, 0.15) is 0 Å². The summed E-state index contributed by atoms with van der Waals surface area (Å²) in [6.45, 7) is 8.51. The zero-order valence-electron chi connectivity index (χ0n) is 12.5. The molecule has 110 valence electrons. The summed E-state index contributed by atoms with van der Waals surface area (Å²) in [5.41, 5.74) is 3.08. The maximum Gasteiger partial charge on any atom is 0.319 e. The van der Waals surface area contributed by atoms with Crippen LogP contribution >= 0.6 is 0 Å². The summed E-state index contributed by atoms with van der Waals surface area (Å²) in [4.78, 5) is 23.0. The molecule has 0 aliphatic heterocycles. The molecule has 0 aromatic heterocycles. The van der Waals surface area contributed by atoms with Crippen LogP contribution in [-0.4, -0.2) is 25.0 Å². The fourth-order valence-electron chi connectivity index (χ4n) is 1.56. The molecule has 1 aromatic rings. The van der Waals surface area contributed by atoms with E-state index in [1.165, 1.54) is 5.56 Å². The molecule has 20 heavy (non-hydrogen) atoms. The van der Waals surface area contributed by atoms with Gasteiger partial charge in [0.15, 0.2) is 0 Å². The molecule has 0 radical (unpaired) electrons. The van der Waals surface area contributed by atoms with E-state index in [-0.39, 0.29) is 17.9 Å². The van der Waals surface area contributed by atoms with Crippen LogP contribution in [-0.2, 0) is 4.79 Å². The van der Waals surface area contributed by atoms with E-state index < -0.39 is 0 Å². The van der Waals surface area contributed by atoms with E-state index >= 15 is 0 Å². The van der Waals surface area contributed by atoms with Gasteiger partial charge in [0.2, 0.25) is 5.91 Å². The average molecular weight is 277 g/mol. The normalized spacial score (nSPS) is 10.2. The number of carbonyl (C=O) groups is 2. The van der Waals surface area contributed by atoms with Crippen molar-refractivity contribution in [2.45, 2.75) is 27.7 Å². The highest BCUT2D eigenvalue weighted by Crippen LogP contribution is 2.13. The standard InChI is InChI=1S/C15H23N3O2/c1-10(2)14(19)16-7-8-17-15(20)18-13-6-5-11(3)12(4)9-13/h5-6,9-10H,7-8H2,1-4H3,(H,16,19)(H2,17,18,20). The van der Waals surface area contributed by atoms with Crippen LogP contribution in [0.2, 0.25) is 0 Å². The van der Waals surface area contributed by atoms with Crippen molar-refractivity contribution in [2.75, 3.05) is 18.4 Å². The lowest BCUT2D eigenvalue weighted by Crippen LogP contribution is -2.38. The maximum atomic E-state index is 11.7. The van der Waals surface area contributed by atoms with Crippen molar-refractivity contribution in [1.29, 1.82) is 0 Å². The second-order valence-corrected chi connectivity index (χ2v) is 5.13. The van der Waals surface area contributed by atoms with Crippen molar-refractivity contribution in [2.24, 2.45) is 5.92 Å². The van der Waals surface area contributed by atoms with Crippen LogP contribution in [0.3, 0.4) is 0 Å². The first-order chi connectivity index (χ1) is 9.40. The fraction of sp³-hybridized carbons (Fsp3) is 0.467. The number of hydrogen-bond donors (Lipinski definition) is 3. The van der Waals surface area contributed by atoms with E-state index in [9.17, 15) is 9.59 Å². The Balaban J connectivity index is 2.30. The molecule has 0 saturated heterocycles. The highest BCUT2D eigenvalue weighted by atomic mass is 16.2. The Morgan fingerprint density at radius 1 is 1.05 bits per heavy atom. The molecule has 0 atom stereocenters. The molecule has 0 unspecified atom stereocenters. The molecule has 1 rings (SSSR count). The number of anilines is 1. The largest absolute Gasteiger partial charge is 0.354 e. The highest BCUT2D eigenvalue weighted by Gasteiger charge is 2.06. The lowest BCUT2D eigenvalue weighted by molar-refractivity contribution is -0.123. The summed E-state index contributed by atoms with van der Waals surface area (Å²) in [5, 5.41) is 8.19. The third kappa shape index (κ3) is 5.30. The summed E-state index contributed by atoms with van der Waals surface area (Å²) < 4.78 is 0. The molecule has 0 bridgehead atoms. The first-order valence-corrected chi connectivity index (χ1v) is 6.80. The lowest BCUT2D eigenvalue weighted by Gasteiger charge is -2.10. The van der Waals surface area contributed by atoms with Crippen LogP contribution in [0.1, 0.15) is 25.0 Å². The SMILES string of the molecule is Cc1ccc(NC(=O)NCCNC(=O)C(C)C)cc1C. The van der Waals surface area contributed by atoms with E-state index in [4.69, 9.17) is 0 Å².